The number of aromatic nitrogens is 1. The summed E-state index contributed by atoms with van der Waals surface area (Å²) in [5.74, 6) is -1.62. The monoisotopic (exact) mass is 581 g/mol. The Kier molecular flexibility index (Phi) is 8.95. The number of esters is 1. The summed E-state index contributed by atoms with van der Waals surface area (Å²) < 4.78 is 15.7. The van der Waals surface area contributed by atoms with Gasteiger partial charge in [-0.25, -0.2) is 14.6 Å². The number of hydrogen-bond acceptors (Lipinski definition) is 13. The number of carbonyl (C=O) groups is 4. The predicted molar refractivity (Wildman–Crippen MR) is 144 cm³/mol. The summed E-state index contributed by atoms with van der Waals surface area (Å²) >= 11 is 2.42. The van der Waals surface area contributed by atoms with Crippen LogP contribution in [0.2, 0.25) is 0 Å². The first-order valence-electron chi connectivity index (χ1n) is 11.7. The molecule has 15 heteroatoms. The normalized spacial score (nSPS) is 19.5. The third-order valence-corrected chi connectivity index (χ3v) is 6.76. The van der Waals surface area contributed by atoms with E-state index in [4.69, 9.17) is 24.8 Å². The standard InChI is InChI=1S/C24H31N5O8S2/c1-8-12-10-38-20-16(18(32)29(20)19(12)35-22(33)37-24(5,6)7)27-17(31)15(13-11-39-21(25)26-13)28-34-9-14(30)36-23(2,3)4/h8,11,16,20H,1,9-10H2,2-7H3,(H2,25,26)(H,27,31)/b28-15-/t16-,20+/m1/s1. The molecule has 0 spiro atoms. The van der Waals surface area contributed by atoms with Crippen molar-refractivity contribution in [2.75, 3.05) is 18.1 Å². The van der Waals surface area contributed by atoms with Crippen LogP contribution in [0.25, 0.3) is 0 Å². The molecule has 0 bridgehead atoms. The lowest BCUT2D eigenvalue weighted by Crippen LogP contribution is -2.70. The maximum atomic E-state index is 13.2. The molecule has 1 aromatic rings. The number of nitrogen functional groups attached to an aromatic ring is 1. The van der Waals surface area contributed by atoms with Gasteiger partial charge in [0.25, 0.3) is 11.8 Å². The highest BCUT2D eigenvalue weighted by atomic mass is 32.2. The fourth-order valence-corrected chi connectivity index (χ4v) is 5.18. The molecule has 13 nitrogen and oxygen atoms in total. The van der Waals surface area contributed by atoms with E-state index in [1.165, 1.54) is 28.1 Å². The van der Waals surface area contributed by atoms with Crippen LogP contribution in [0.15, 0.2) is 34.6 Å². The highest BCUT2D eigenvalue weighted by Crippen LogP contribution is 2.41. The third kappa shape index (κ3) is 7.72. The third-order valence-electron chi connectivity index (χ3n) is 4.79. The fourth-order valence-electron chi connectivity index (χ4n) is 3.32. The molecule has 212 valence electrons. The quantitative estimate of drug-likeness (QED) is 0.200. The van der Waals surface area contributed by atoms with Crippen LogP contribution < -0.4 is 11.1 Å². The zero-order valence-electron chi connectivity index (χ0n) is 22.4. The first kappa shape index (κ1) is 30.0. The van der Waals surface area contributed by atoms with E-state index in [0.29, 0.717) is 11.3 Å². The molecule has 2 aliphatic rings. The van der Waals surface area contributed by atoms with Gasteiger partial charge in [0.2, 0.25) is 12.5 Å². The van der Waals surface area contributed by atoms with E-state index in [1.807, 2.05) is 0 Å². The summed E-state index contributed by atoms with van der Waals surface area (Å²) in [4.78, 5) is 60.9. The molecule has 3 N–H and O–H groups in total. The molecular formula is C24H31N5O8S2. The Balaban J connectivity index is 1.74. The number of ether oxygens (including phenoxy) is 3. The molecule has 1 fully saturated rings. The van der Waals surface area contributed by atoms with E-state index >= 15 is 0 Å². The van der Waals surface area contributed by atoms with Gasteiger partial charge in [-0.3, -0.25) is 14.5 Å². The van der Waals surface area contributed by atoms with Gasteiger partial charge in [-0.1, -0.05) is 17.8 Å². The van der Waals surface area contributed by atoms with Crippen LogP contribution >= 0.6 is 23.1 Å². The van der Waals surface area contributed by atoms with Crippen molar-refractivity contribution in [3.63, 3.8) is 0 Å². The lowest BCUT2D eigenvalue weighted by molar-refractivity contribution is -0.160. The van der Waals surface area contributed by atoms with Gasteiger partial charge in [0.05, 0.1) is 0 Å². The van der Waals surface area contributed by atoms with Gasteiger partial charge in [0, 0.05) is 16.7 Å². The molecule has 0 aliphatic carbocycles. The van der Waals surface area contributed by atoms with Gasteiger partial charge in [0.1, 0.15) is 28.3 Å². The molecule has 39 heavy (non-hydrogen) atoms. The topological polar surface area (TPSA) is 172 Å². The maximum Gasteiger partial charge on any atom is 0.515 e. The minimum atomic E-state index is -0.974. The highest BCUT2D eigenvalue weighted by molar-refractivity contribution is 8.00. The van der Waals surface area contributed by atoms with Gasteiger partial charge in [-0.05, 0) is 41.5 Å². The van der Waals surface area contributed by atoms with Crippen molar-refractivity contribution in [3.05, 3.63) is 35.2 Å². The molecule has 3 rings (SSSR count). The predicted octanol–water partition coefficient (Wildman–Crippen LogP) is 2.54. The molecule has 2 aliphatic heterocycles. The molecular weight excluding hydrogens is 550 g/mol. The number of allylic oxidation sites excluding steroid dienone is 1. The van der Waals surface area contributed by atoms with Crippen LogP contribution in [0.3, 0.4) is 0 Å². The van der Waals surface area contributed by atoms with E-state index in [9.17, 15) is 19.2 Å². The van der Waals surface area contributed by atoms with Crippen LogP contribution in [0.1, 0.15) is 47.2 Å². The molecule has 0 unspecified atom stereocenters. The summed E-state index contributed by atoms with van der Waals surface area (Å²) in [6.07, 6.45) is 0.516. The Morgan fingerprint density at radius 2 is 1.90 bits per heavy atom. The number of rotatable bonds is 8. The van der Waals surface area contributed by atoms with Crippen molar-refractivity contribution in [1.82, 2.24) is 15.2 Å². The Morgan fingerprint density at radius 1 is 1.23 bits per heavy atom. The second kappa shape index (κ2) is 11.7. The minimum Gasteiger partial charge on any atom is -0.457 e. The molecule has 3 heterocycles. The summed E-state index contributed by atoms with van der Waals surface area (Å²) in [5, 5.41) is 7.49. The van der Waals surface area contributed by atoms with Gasteiger partial charge in [0.15, 0.2) is 10.8 Å². The van der Waals surface area contributed by atoms with Crippen molar-refractivity contribution >= 4 is 57.9 Å². The summed E-state index contributed by atoms with van der Waals surface area (Å²) in [6.45, 7) is 13.3. The molecule has 0 aromatic carbocycles. The molecule has 2 atom stereocenters. The fraction of sp³-hybridized carbons (Fsp3) is 0.500. The number of hydrogen-bond donors (Lipinski definition) is 2. The van der Waals surface area contributed by atoms with Crippen molar-refractivity contribution in [3.8, 4) is 0 Å². The average molecular weight is 582 g/mol. The molecule has 1 aromatic heterocycles. The number of amides is 2. The Hall–Kier alpha value is -3.59. The minimum absolute atomic E-state index is 0.000332. The van der Waals surface area contributed by atoms with Crippen LogP contribution in [0.4, 0.5) is 9.93 Å². The summed E-state index contributed by atoms with van der Waals surface area (Å²) in [5.41, 5.74) is 4.51. The van der Waals surface area contributed by atoms with E-state index in [2.05, 4.69) is 22.0 Å². The van der Waals surface area contributed by atoms with Crippen molar-refractivity contribution in [1.29, 1.82) is 0 Å². The van der Waals surface area contributed by atoms with Crippen molar-refractivity contribution < 1.29 is 38.2 Å². The maximum absolute atomic E-state index is 13.2. The van der Waals surface area contributed by atoms with E-state index in [-0.39, 0.29) is 22.4 Å². The zero-order valence-corrected chi connectivity index (χ0v) is 24.1. The smallest absolute Gasteiger partial charge is 0.457 e. The first-order chi connectivity index (χ1) is 18.1. The lowest BCUT2D eigenvalue weighted by Gasteiger charge is -2.49. The van der Waals surface area contributed by atoms with Crippen molar-refractivity contribution in [2.45, 2.75) is 64.2 Å². The average Bonchev–Trinajstić information content (AvgIpc) is 3.22. The number of nitrogens with one attached hydrogen (secondary N) is 1. The van der Waals surface area contributed by atoms with E-state index < -0.39 is 53.2 Å². The number of β-lactam (4-membered cyclic amide) rings is 1. The van der Waals surface area contributed by atoms with Crippen molar-refractivity contribution in [2.24, 2.45) is 5.16 Å². The number of fused-ring (bicyclic) bond motifs is 1. The Morgan fingerprint density at radius 3 is 2.46 bits per heavy atom. The molecule has 1 saturated heterocycles. The van der Waals surface area contributed by atoms with Crippen LogP contribution in [-0.2, 0) is 33.4 Å². The van der Waals surface area contributed by atoms with Crippen LogP contribution in [0, 0.1) is 0 Å². The Labute approximate surface area is 233 Å². The molecule has 0 radical (unpaired) electrons. The number of thiazole rings is 1. The lowest BCUT2D eigenvalue weighted by atomic mass is 10.1. The zero-order chi connectivity index (χ0) is 29.1. The largest absolute Gasteiger partial charge is 0.515 e. The first-order valence-corrected chi connectivity index (χ1v) is 13.7. The number of nitrogens with zero attached hydrogens (tertiary/aromatic N) is 3. The van der Waals surface area contributed by atoms with Gasteiger partial charge in [-0.2, -0.15) is 0 Å². The number of oxime groups is 1. The molecule has 2 amide bonds. The van der Waals surface area contributed by atoms with E-state index in [1.54, 1.807) is 41.5 Å². The van der Waals surface area contributed by atoms with Crippen LogP contribution in [-0.4, -0.2) is 74.5 Å². The van der Waals surface area contributed by atoms with Gasteiger partial charge >= 0.3 is 12.1 Å². The second-order valence-electron chi connectivity index (χ2n) is 10.3. The molecule has 0 saturated carbocycles. The van der Waals surface area contributed by atoms with Gasteiger partial charge < -0.3 is 30.1 Å². The number of nitrogens with two attached hydrogens (primary N) is 1. The van der Waals surface area contributed by atoms with Gasteiger partial charge in [-0.15, -0.1) is 23.1 Å². The van der Waals surface area contributed by atoms with Crippen LogP contribution in [0.5, 0.6) is 0 Å². The Bertz CT molecular complexity index is 1230. The summed E-state index contributed by atoms with van der Waals surface area (Å²) in [6, 6.07) is -0.974. The number of thioether (sulfide) groups is 1. The highest BCUT2D eigenvalue weighted by Gasteiger charge is 2.54. The number of carbonyl (C=O) groups excluding carboxylic acids is 4. The number of anilines is 1. The SMILES string of the molecule is C=CC1=C(OC(=O)OC(C)(C)C)N2C(=O)[C@@H](NC(=O)/C(=N\OCC(=O)OC(C)(C)C)c3csc(N)n3)[C@@H]2SC1. The van der Waals surface area contributed by atoms with E-state index in [0.717, 1.165) is 11.3 Å². The second-order valence-corrected chi connectivity index (χ2v) is 12.3. The summed E-state index contributed by atoms with van der Waals surface area (Å²) in [7, 11) is 0.